The Labute approximate surface area is 116 Å². The van der Waals surface area contributed by atoms with E-state index in [2.05, 4.69) is 0 Å². The highest BCUT2D eigenvalue weighted by molar-refractivity contribution is 5.62. The molecule has 4 nitrogen and oxygen atoms in total. The molecule has 0 radical (unpaired) electrons. The summed E-state index contributed by atoms with van der Waals surface area (Å²) in [6.45, 7) is 1.85. The van der Waals surface area contributed by atoms with Crippen molar-refractivity contribution in [1.29, 1.82) is 0 Å². The topological polar surface area (TPSA) is 53.7 Å². The van der Waals surface area contributed by atoms with E-state index in [-0.39, 0.29) is 5.75 Å². The largest absolute Gasteiger partial charge is 0.493 e. The highest BCUT2D eigenvalue weighted by Gasteiger charge is 2.13. The average molecular weight is 277 g/mol. The Balaban J connectivity index is 2.40. The second-order valence-corrected chi connectivity index (χ2v) is 4.28. The minimum atomic E-state index is -0.454. The summed E-state index contributed by atoms with van der Waals surface area (Å²) < 4.78 is 29.5. The second kappa shape index (κ2) is 5.69. The van der Waals surface area contributed by atoms with Crippen LogP contribution < -0.4 is 19.9 Å². The number of nitrogens with two attached hydrogens (primary N) is 1. The first-order chi connectivity index (χ1) is 9.55. The van der Waals surface area contributed by atoms with E-state index in [4.69, 9.17) is 19.9 Å². The molecule has 2 aromatic carbocycles. The normalized spacial score (nSPS) is 10.2. The molecule has 0 atom stereocenters. The molecule has 0 fully saturated rings. The van der Waals surface area contributed by atoms with E-state index in [1.807, 2.05) is 6.92 Å². The van der Waals surface area contributed by atoms with Crippen molar-refractivity contribution in [2.24, 2.45) is 0 Å². The minimum absolute atomic E-state index is 0.115. The highest BCUT2D eigenvalue weighted by Crippen LogP contribution is 2.38. The van der Waals surface area contributed by atoms with Crippen molar-refractivity contribution in [2.75, 3.05) is 20.0 Å². The van der Waals surface area contributed by atoms with Gasteiger partial charge in [-0.05, 0) is 24.6 Å². The van der Waals surface area contributed by atoms with Gasteiger partial charge in [0.25, 0.3) is 0 Å². The molecule has 2 rings (SSSR count). The maximum Gasteiger partial charge on any atom is 0.165 e. The van der Waals surface area contributed by atoms with E-state index >= 15 is 0 Å². The molecule has 0 aliphatic heterocycles. The Hall–Kier alpha value is -2.43. The highest BCUT2D eigenvalue weighted by atomic mass is 19.1. The number of aryl methyl sites for hydroxylation is 1. The first-order valence-corrected chi connectivity index (χ1v) is 6.00. The van der Waals surface area contributed by atoms with Crippen LogP contribution in [-0.2, 0) is 0 Å². The van der Waals surface area contributed by atoms with Crippen LogP contribution in [0.25, 0.3) is 0 Å². The van der Waals surface area contributed by atoms with Gasteiger partial charge >= 0.3 is 0 Å². The van der Waals surface area contributed by atoms with E-state index < -0.39 is 5.82 Å². The number of benzene rings is 2. The maximum atomic E-state index is 13.7. The van der Waals surface area contributed by atoms with Crippen LogP contribution in [0.1, 0.15) is 5.56 Å². The summed E-state index contributed by atoms with van der Waals surface area (Å²) >= 11 is 0. The molecule has 0 spiro atoms. The summed E-state index contributed by atoms with van der Waals surface area (Å²) in [6, 6.07) is 7.76. The van der Waals surface area contributed by atoms with Gasteiger partial charge in [-0.1, -0.05) is 6.07 Å². The molecule has 0 amide bonds. The maximum absolute atomic E-state index is 13.7. The van der Waals surface area contributed by atoms with Crippen LogP contribution in [0.2, 0.25) is 0 Å². The molecule has 0 saturated heterocycles. The Bertz CT molecular complexity index is 629. The lowest BCUT2D eigenvalue weighted by molar-refractivity contribution is 0.352. The fourth-order valence-corrected chi connectivity index (χ4v) is 1.77. The van der Waals surface area contributed by atoms with Gasteiger partial charge < -0.3 is 19.9 Å². The molecule has 0 aromatic heterocycles. The van der Waals surface area contributed by atoms with Crippen LogP contribution in [0.4, 0.5) is 10.1 Å². The SMILES string of the molecule is COc1cc(N)c(Oc2cc(C)ccc2F)cc1OC. The monoisotopic (exact) mass is 277 g/mol. The molecule has 2 N–H and O–H groups in total. The van der Waals surface area contributed by atoms with Gasteiger partial charge in [0.2, 0.25) is 0 Å². The zero-order chi connectivity index (χ0) is 14.7. The summed E-state index contributed by atoms with van der Waals surface area (Å²) in [5.41, 5.74) is 7.10. The van der Waals surface area contributed by atoms with Gasteiger partial charge in [0, 0.05) is 12.1 Å². The fraction of sp³-hybridized carbons (Fsp3) is 0.200. The van der Waals surface area contributed by atoms with Gasteiger partial charge in [0.05, 0.1) is 19.9 Å². The summed E-state index contributed by atoms with van der Waals surface area (Å²) in [5.74, 6) is 0.924. The van der Waals surface area contributed by atoms with Crippen molar-refractivity contribution >= 4 is 5.69 Å². The number of ether oxygens (including phenoxy) is 3. The third-order valence-corrected chi connectivity index (χ3v) is 2.82. The molecule has 0 bridgehead atoms. The van der Waals surface area contributed by atoms with Crippen LogP contribution in [0.15, 0.2) is 30.3 Å². The first kappa shape index (κ1) is 14.0. The smallest absolute Gasteiger partial charge is 0.165 e. The molecular formula is C15H16FNO3. The van der Waals surface area contributed by atoms with Crippen molar-refractivity contribution in [3.05, 3.63) is 41.7 Å². The van der Waals surface area contributed by atoms with Crippen molar-refractivity contribution in [1.82, 2.24) is 0 Å². The van der Waals surface area contributed by atoms with Gasteiger partial charge in [-0.15, -0.1) is 0 Å². The van der Waals surface area contributed by atoms with E-state index in [9.17, 15) is 4.39 Å². The summed E-state index contributed by atoms with van der Waals surface area (Å²) in [7, 11) is 3.02. The number of methoxy groups -OCH3 is 2. The molecule has 106 valence electrons. The standard InChI is InChI=1S/C15H16FNO3/c1-9-4-5-10(16)12(6-9)20-13-8-15(19-3)14(18-2)7-11(13)17/h4-8H,17H2,1-3H3. The van der Waals surface area contributed by atoms with Crippen molar-refractivity contribution in [3.8, 4) is 23.0 Å². The molecule has 2 aromatic rings. The molecule has 20 heavy (non-hydrogen) atoms. The lowest BCUT2D eigenvalue weighted by Crippen LogP contribution is -1.98. The van der Waals surface area contributed by atoms with Crippen molar-refractivity contribution < 1.29 is 18.6 Å². The number of nitrogen functional groups attached to an aromatic ring is 1. The van der Waals surface area contributed by atoms with Gasteiger partial charge in [-0.2, -0.15) is 0 Å². The lowest BCUT2D eigenvalue weighted by Gasteiger charge is -2.14. The van der Waals surface area contributed by atoms with Crippen molar-refractivity contribution in [2.45, 2.75) is 6.92 Å². The second-order valence-electron chi connectivity index (χ2n) is 4.28. The Kier molecular flexibility index (Phi) is 3.98. The molecule has 5 heteroatoms. The number of halogens is 1. The predicted octanol–water partition coefficient (Wildman–Crippen LogP) is 3.53. The Morgan fingerprint density at radius 3 is 2.20 bits per heavy atom. The van der Waals surface area contributed by atoms with Crippen LogP contribution in [0, 0.1) is 12.7 Å². The molecular weight excluding hydrogens is 261 g/mol. The summed E-state index contributed by atoms with van der Waals surface area (Å²) in [5, 5.41) is 0. The number of rotatable bonds is 4. The predicted molar refractivity (Wildman–Crippen MR) is 75.2 cm³/mol. The van der Waals surface area contributed by atoms with E-state index in [1.165, 1.54) is 20.3 Å². The van der Waals surface area contributed by atoms with Gasteiger partial charge in [0.1, 0.15) is 0 Å². The molecule has 0 aliphatic carbocycles. The lowest BCUT2D eigenvalue weighted by atomic mass is 10.2. The molecule has 0 aliphatic rings. The molecule has 0 unspecified atom stereocenters. The third-order valence-electron chi connectivity index (χ3n) is 2.82. The fourth-order valence-electron chi connectivity index (χ4n) is 1.77. The van der Waals surface area contributed by atoms with E-state index in [0.717, 1.165) is 5.56 Å². The van der Waals surface area contributed by atoms with Crippen LogP contribution in [-0.4, -0.2) is 14.2 Å². The number of hydrogen-bond donors (Lipinski definition) is 1. The molecule has 0 saturated carbocycles. The van der Waals surface area contributed by atoms with Gasteiger partial charge in [-0.25, -0.2) is 4.39 Å². The van der Waals surface area contributed by atoms with Crippen LogP contribution in [0.5, 0.6) is 23.0 Å². The Morgan fingerprint density at radius 2 is 1.55 bits per heavy atom. The van der Waals surface area contributed by atoms with E-state index in [1.54, 1.807) is 24.3 Å². The number of anilines is 1. The quantitative estimate of drug-likeness (QED) is 0.869. The van der Waals surface area contributed by atoms with Crippen molar-refractivity contribution in [3.63, 3.8) is 0 Å². The zero-order valence-corrected chi connectivity index (χ0v) is 11.6. The zero-order valence-electron chi connectivity index (χ0n) is 11.6. The van der Waals surface area contributed by atoms with Crippen LogP contribution in [0.3, 0.4) is 0 Å². The minimum Gasteiger partial charge on any atom is -0.493 e. The van der Waals surface area contributed by atoms with Gasteiger partial charge in [0.15, 0.2) is 28.8 Å². The third kappa shape index (κ3) is 2.77. The number of hydrogen-bond acceptors (Lipinski definition) is 4. The summed E-state index contributed by atoms with van der Waals surface area (Å²) in [6.07, 6.45) is 0. The molecule has 0 heterocycles. The average Bonchev–Trinajstić information content (AvgIpc) is 2.44. The van der Waals surface area contributed by atoms with Crippen LogP contribution >= 0.6 is 0 Å². The summed E-state index contributed by atoms with van der Waals surface area (Å²) in [4.78, 5) is 0. The van der Waals surface area contributed by atoms with E-state index in [0.29, 0.717) is 22.9 Å². The van der Waals surface area contributed by atoms with Gasteiger partial charge in [-0.3, -0.25) is 0 Å². The Morgan fingerprint density at radius 1 is 0.900 bits per heavy atom. The first-order valence-electron chi connectivity index (χ1n) is 6.00.